The lowest BCUT2D eigenvalue weighted by Crippen LogP contribution is -2.30. The average molecular weight is 244 g/mol. The van der Waals surface area contributed by atoms with Gasteiger partial charge in [-0.05, 0) is 25.2 Å². The number of hydrazine groups is 1. The topological polar surface area (TPSA) is 88.5 Å². The van der Waals surface area contributed by atoms with Gasteiger partial charge in [-0.1, -0.05) is 0 Å². The molecule has 0 aromatic carbocycles. The molecule has 0 aliphatic rings. The molecule has 0 fully saturated rings. The third-order valence-corrected chi connectivity index (χ3v) is 3.10. The number of carbonyl (C=O) groups excluding carboxylic acids is 1. The number of amides is 1. The Bertz CT molecular complexity index is 352. The summed E-state index contributed by atoms with van der Waals surface area (Å²) < 4.78 is 5.42. The zero-order valence-electron chi connectivity index (χ0n) is 9.16. The Labute approximate surface area is 98.4 Å². The molecule has 90 valence electrons. The molecule has 0 spiro atoms. The van der Waals surface area contributed by atoms with Crippen LogP contribution in [0.5, 0.6) is 0 Å². The Morgan fingerprint density at radius 2 is 2.44 bits per heavy atom. The summed E-state index contributed by atoms with van der Waals surface area (Å²) in [4.78, 5) is 11.3. The lowest BCUT2D eigenvalue weighted by atomic mass is 10.2. The highest BCUT2D eigenvalue weighted by Crippen LogP contribution is 2.19. The first-order valence-corrected chi connectivity index (χ1v) is 6.13. The Morgan fingerprint density at radius 3 is 3.06 bits per heavy atom. The van der Waals surface area contributed by atoms with Crippen molar-refractivity contribution >= 4 is 17.7 Å². The Hall–Kier alpha value is -0.980. The lowest BCUT2D eigenvalue weighted by Gasteiger charge is -1.96. The van der Waals surface area contributed by atoms with E-state index in [-0.39, 0.29) is 12.5 Å². The molecule has 0 aliphatic carbocycles. The highest BCUT2D eigenvalue weighted by Gasteiger charge is 2.13. The fourth-order valence-corrected chi connectivity index (χ4v) is 2.08. The SMILES string of the molecule is Cc1oc(CSCCCO)cc1C(=O)NN. The molecule has 0 bridgehead atoms. The van der Waals surface area contributed by atoms with Crippen molar-refractivity contribution in [3.05, 3.63) is 23.2 Å². The van der Waals surface area contributed by atoms with Crippen molar-refractivity contribution in [3.8, 4) is 0 Å². The molecule has 1 rings (SSSR count). The van der Waals surface area contributed by atoms with E-state index in [0.717, 1.165) is 17.9 Å². The van der Waals surface area contributed by atoms with Crippen molar-refractivity contribution < 1.29 is 14.3 Å². The van der Waals surface area contributed by atoms with E-state index in [1.165, 1.54) is 0 Å². The van der Waals surface area contributed by atoms with Crippen LogP contribution in [0.2, 0.25) is 0 Å². The van der Waals surface area contributed by atoms with Crippen LogP contribution in [0.1, 0.15) is 28.3 Å². The quantitative estimate of drug-likeness (QED) is 0.298. The predicted octanol–water partition coefficient (Wildman–Crippen LogP) is 0.807. The summed E-state index contributed by atoms with van der Waals surface area (Å²) in [6.45, 7) is 1.93. The van der Waals surface area contributed by atoms with Gasteiger partial charge in [-0.3, -0.25) is 10.2 Å². The standard InChI is InChI=1S/C10H16N2O3S/c1-7-9(10(14)12-11)5-8(15-7)6-16-4-2-3-13/h5,13H,2-4,6,11H2,1H3,(H,12,14). The fourth-order valence-electron chi connectivity index (χ4n) is 1.26. The number of nitrogen functional groups attached to an aromatic ring is 1. The molecule has 4 N–H and O–H groups in total. The molecule has 0 saturated carbocycles. The van der Waals surface area contributed by atoms with Crippen LogP contribution in [0.3, 0.4) is 0 Å². The van der Waals surface area contributed by atoms with Crippen molar-refractivity contribution in [3.63, 3.8) is 0 Å². The van der Waals surface area contributed by atoms with Gasteiger partial charge in [0, 0.05) is 6.61 Å². The summed E-state index contributed by atoms with van der Waals surface area (Å²) in [6, 6.07) is 1.70. The van der Waals surface area contributed by atoms with E-state index in [1.807, 2.05) is 0 Å². The van der Waals surface area contributed by atoms with Crippen LogP contribution >= 0.6 is 11.8 Å². The first kappa shape index (κ1) is 13.1. The molecule has 5 nitrogen and oxygen atoms in total. The van der Waals surface area contributed by atoms with Crippen molar-refractivity contribution in [2.24, 2.45) is 5.84 Å². The average Bonchev–Trinajstić information content (AvgIpc) is 2.65. The third-order valence-electron chi connectivity index (χ3n) is 2.04. The van der Waals surface area contributed by atoms with E-state index < -0.39 is 0 Å². The van der Waals surface area contributed by atoms with Gasteiger partial charge < -0.3 is 9.52 Å². The van der Waals surface area contributed by atoms with Gasteiger partial charge in [-0.15, -0.1) is 0 Å². The molecular formula is C10H16N2O3S. The van der Waals surface area contributed by atoms with Crippen LogP contribution in [0, 0.1) is 6.92 Å². The molecule has 1 amide bonds. The minimum Gasteiger partial charge on any atom is -0.465 e. The summed E-state index contributed by atoms with van der Waals surface area (Å²) in [5.74, 6) is 7.59. The van der Waals surface area contributed by atoms with Crippen molar-refractivity contribution in [1.82, 2.24) is 5.43 Å². The van der Waals surface area contributed by atoms with E-state index in [4.69, 9.17) is 15.4 Å². The molecular weight excluding hydrogens is 228 g/mol. The van der Waals surface area contributed by atoms with Gasteiger partial charge in [0.25, 0.3) is 5.91 Å². The summed E-state index contributed by atoms with van der Waals surface area (Å²) in [5, 5.41) is 8.61. The monoisotopic (exact) mass is 244 g/mol. The second-order valence-corrected chi connectivity index (χ2v) is 4.39. The zero-order chi connectivity index (χ0) is 12.0. The smallest absolute Gasteiger partial charge is 0.268 e. The Kier molecular flexibility index (Phi) is 5.37. The van der Waals surface area contributed by atoms with Crippen LogP contribution in [0.15, 0.2) is 10.5 Å². The molecule has 6 heteroatoms. The molecule has 1 heterocycles. The third kappa shape index (κ3) is 3.55. The van der Waals surface area contributed by atoms with Crippen molar-refractivity contribution in [1.29, 1.82) is 0 Å². The summed E-state index contributed by atoms with van der Waals surface area (Å²) in [6.07, 6.45) is 0.764. The minimum atomic E-state index is -0.340. The van der Waals surface area contributed by atoms with E-state index in [0.29, 0.717) is 17.1 Å². The number of furan rings is 1. The fraction of sp³-hybridized carbons (Fsp3) is 0.500. The van der Waals surface area contributed by atoms with E-state index >= 15 is 0 Å². The largest absolute Gasteiger partial charge is 0.465 e. The summed E-state index contributed by atoms with van der Waals surface area (Å²) in [7, 11) is 0. The molecule has 0 aliphatic heterocycles. The van der Waals surface area contributed by atoms with E-state index in [1.54, 1.807) is 24.8 Å². The lowest BCUT2D eigenvalue weighted by molar-refractivity contribution is 0.0952. The maximum atomic E-state index is 11.3. The number of hydrogen-bond donors (Lipinski definition) is 3. The van der Waals surface area contributed by atoms with Crippen LogP contribution in [-0.2, 0) is 5.75 Å². The Balaban J connectivity index is 2.52. The van der Waals surface area contributed by atoms with Gasteiger partial charge in [0.05, 0.1) is 11.3 Å². The van der Waals surface area contributed by atoms with Crippen LogP contribution < -0.4 is 11.3 Å². The van der Waals surface area contributed by atoms with Gasteiger partial charge >= 0.3 is 0 Å². The molecule has 0 atom stereocenters. The van der Waals surface area contributed by atoms with Gasteiger partial charge in [-0.25, -0.2) is 5.84 Å². The number of hydrogen-bond acceptors (Lipinski definition) is 5. The van der Waals surface area contributed by atoms with Gasteiger partial charge in [0.1, 0.15) is 11.5 Å². The second kappa shape index (κ2) is 6.57. The molecule has 16 heavy (non-hydrogen) atoms. The normalized spacial score (nSPS) is 10.4. The molecule has 1 aromatic rings. The summed E-state index contributed by atoms with van der Waals surface area (Å²) in [5.41, 5.74) is 2.55. The van der Waals surface area contributed by atoms with Gasteiger partial charge in [0.15, 0.2) is 0 Å². The molecule has 1 aromatic heterocycles. The van der Waals surface area contributed by atoms with Gasteiger partial charge in [-0.2, -0.15) is 11.8 Å². The first-order chi connectivity index (χ1) is 7.69. The van der Waals surface area contributed by atoms with Crippen LogP contribution in [-0.4, -0.2) is 23.4 Å². The number of nitrogens with one attached hydrogen (secondary N) is 1. The highest BCUT2D eigenvalue weighted by atomic mass is 32.2. The molecule has 0 unspecified atom stereocenters. The second-order valence-electron chi connectivity index (χ2n) is 3.29. The number of carbonyl (C=O) groups is 1. The first-order valence-electron chi connectivity index (χ1n) is 4.98. The molecule has 0 saturated heterocycles. The number of aryl methyl sites for hydroxylation is 1. The van der Waals surface area contributed by atoms with Crippen LogP contribution in [0.4, 0.5) is 0 Å². The Morgan fingerprint density at radius 1 is 1.69 bits per heavy atom. The summed E-state index contributed by atoms with van der Waals surface area (Å²) >= 11 is 1.66. The number of aliphatic hydroxyl groups excluding tert-OH is 1. The number of thioether (sulfide) groups is 1. The van der Waals surface area contributed by atoms with E-state index in [9.17, 15) is 4.79 Å². The highest BCUT2D eigenvalue weighted by molar-refractivity contribution is 7.98. The maximum Gasteiger partial charge on any atom is 0.268 e. The number of aliphatic hydroxyl groups is 1. The minimum absolute atomic E-state index is 0.199. The molecule has 0 radical (unpaired) electrons. The van der Waals surface area contributed by atoms with E-state index in [2.05, 4.69) is 5.43 Å². The van der Waals surface area contributed by atoms with Crippen LogP contribution in [0.25, 0.3) is 0 Å². The predicted molar refractivity (Wildman–Crippen MR) is 63.0 cm³/mol. The van der Waals surface area contributed by atoms with Crippen molar-refractivity contribution in [2.45, 2.75) is 19.1 Å². The maximum absolute atomic E-state index is 11.3. The number of rotatable bonds is 6. The van der Waals surface area contributed by atoms with Crippen molar-refractivity contribution in [2.75, 3.05) is 12.4 Å². The van der Waals surface area contributed by atoms with Gasteiger partial charge in [0.2, 0.25) is 0 Å². The number of nitrogens with two attached hydrogens (primary N) is 1. The zero-order valence-corrected chi connectivity index (χ0v) is 9.97.